The van der Waals surface area contributed by atoms with Crippen LogP contribution in [-0.2, 0) is 11.3 Å². The molecule has 2 aromatic carbocycles. The van der Waals surface area contributed by atoms with Gasteiger partial charge in [-0.2, -0.15) is 0 Å². The minimum Gasteiger partial charge on any atom is -0.457 e. The number of hydrogen-bond acceptors (Lipinski definition) is 3. The molecule has 4 nitrogen and oxygen atoms in total. The maximum Gasteiger partial charge on any atom is 0.491 e. The molecule has 0 aliphatic carbocycles. The lowest BCUT2D eigenvalue weighted by molar-refractivity contribution is 0.275. The third-order valence-corrected chi connectivity index (χ3v) is 3.90. The zero-order chi connectivity index (χ0) is 15.9. The molecule has 22 heavy (non-hydrogen) atoms. The fourth-order valence-corrected chi connectivity index (χ4v) is 2.75. The van der Waals surface area contributed by atoms with Crippen LogP contribution in [0.5, 0.6) is 11.5 Å². The minimum absolute atomic E-state index is 0.391. The van der Waals surface area contributed by atoms with E-state index in [1.807, 2.05) is 45.0 Å². The molecule has 1 heterocycles. The van der Waals surface area contributed by atoms with E-state index in [-0.39, 0.29) is 0 Å². The number of rotatable bonds is 2. The second-order valence-corrected chi connectivity index (χ2v) is 5.60. The number of benzene rings is 2. The van der Waals surface area contributed by atoms with Crippen LogP contribution in [0.3, 0.4) is 0 Å². The van der Waals surface area contributed by atoms with Gasteiger partial charge >= 0.3 is 7.12 Å². The Balaban J connectivity index is 1.96. The SMILES string of the molecule is [C-]#[N+]c1c(C)cc(Oc2cc3c(cc2C)B(O)OC3)cc1C. The van der Waals surface area contributed by atoms with Gasteiger partial charge in [0.2, 0.25) is 0 Å². The van der Waals surface area contributed by atoms with Gasteiger partial charge in [0.15, 0.2) is 5.69 Å². The van der Waals surface area contributed by atoms with E-state index in [1.54, 1.807) is 0 Å². The molecule has 3 rings (SSSR count). The summed E-state index contributed by atoms with van der Waals surface area (Å²) in [7, 11) is -0.842. The van der Waals surface area contributed by atoms with Crippen LogP contribution >= 0.6 is 0 Å². The van der Waals surface area contributed by atoms with Crippen molar-refractivity contribution in [2.45, 2.75) is 27.4 Å². The Morgan fingerprint density at radius 1 is 1.14 bits per heavy atom. The zero-order valence-electron chi connectivity index (χ0n) is 12.8. The van der Waals surface area contributed by atoms with Gasteiger partial charge in [-0.05, 0) is 66.7 Å². The maximum atomic E-state index is 9.73. The highest BCUT2D eigenvalue weighted by molar-refractivity contribution is 6.61. The van der Waals surface area contributed by atoms with Crippen molar-refractivity contribution in [3.8, 4) is 11.5 Å². The maximum absolute atomic E-state index is 9.73. The Morgan fingerprint density at radius 2 is 1.82 bits per heavy atom. The van der Waals surface area contributed by atoms with Crippen LogP contribution in [0.1, 0.15) is 22.3 Å². The monoisotopic (exact) mass is 293 g/mol. The van der Waals surface area contributed by atoms with Crippen molar-refractivity contribution in [2.75, 3.05) is 0 Å². The zero-order valence-corrected chi connectivity index (χ0v) is 12.8. The minimum atomic E-state index is -0.842. The van der Waals surface area contributed by atoms with Gasteiger partial charge in [0.1, 0.15) is 11.5 Å². The summed E-state index contributed by atoms with van der Waals surface area (Å²) >= 11 is 0. The second-order valence-electron chi connectivity index (χ2n) is 5.60. The summed E-state index contributed by atoms with van der Waals surface area (Å²) in [6.07, 6.45) is 0. The van der Waals surface area contributed by atoms with E-state index in [0.29, 0.717) is 18.0 Å². The Labute approximate surface area is 130 Å². The number of nitrogens with zero attached hydrogens (tertiary/aromatic N) is 1. The van der Waals surface area contributed by atoms with Crippen molar-refractivity contribution in [1.82, 2.24) is 0 Å². The molecule has 0 spiro atoms. The van der Waals surface area contributed by atoms with E-state index in [4.69, 9.17) is 16.0 Å². The average Bonchev–Trinajstić information content (AvgIpc) is 2.80. The lowest BCUT2D eigenvalue weighted by Crippen LogP contribution is -2.28. The van der Waals surface area contributed by atoms with E-state index >= 15 is 0 Å². The summed E-state index contributed by atoms with van der Waals surface area (Å²) in [5, 5.41) is 9.73. The van der Waals surface area contributed by atoms with Crippen molar-refractivity contribution in [1.29, 1.82) is 0 Å². The van der Waals surface area contributed by atoms with Gasteiger partial charge in [-0.3, -0.25) is 0 Å². The standard InChI is InChI=1S/C17H16BNO3/c1-10-7-15-13(9-21-18(15)20)8-16(10)22-14-5-11(2)17(19-4)12(3)6-14/h5-8,20H,9H2,1-3H3. The molecule has 0 bridgehead atoms. The molecule has 0 unspecified atom stereocenters. The third-order valence-electron chi connectivity index (χ3n) is 3.90. The van der Waals surface area contributed by atoms with E-state index < -0.39 is 7.12 Å². The highest BCUT2D eigenvalue weighted by Gasteiger charge is 2.28. The van der Waals surface area contributed by atoms with Gasteiger partial charge in [-0.1, -0.05) is 6.07 Å². The highest BCUT2D eigenvalue weighted by atomic mass is 16.5. The van der Waals surface area contributed by atoms with Crippen LogP contribution in [0.25, 0.3) is 4.85 Å². The smallest absolute Gasteiger partial charge is 0.457 e. The number of hydrogen-bond donors (Lipinski definition) is 1. The summed E-state index contributed by atoms with van der Waals surface area (Å²) < 4.78 is 11.2. The molecule has 1 N–H and O–H groups in total. The van der Waals surface area contributed by atoms with Crippen LogP contribution in [0.4, 0.5) is 5.69 Å². The summed E-state index contributed by atoms with van der Waals surface area (Å²) in [5.41, 5.74) is 5.17. The van der Waals surface area contributed by atoms with Crippen molar-refractivity contribution in [2.24, 2.45) is 0 Å². The van der Waals surface area contributed by atoms with Gasteiger partial charge in [0.25, 0.3) is 0 Å². The molecule has 110 valence electrons. The first kappa shape index (κ1) is 14.6. The summed E-state index contributed by atoms with van der Waals surface area (Å²) in [5.74, 6) is 1.45. The molecule has 1 aliphatic rings. The normalized spacial score (nSPS) is 13.0. The molecule has 5 heteroatoms. The molecule has 0 fully saturated rings. The molecule has 0 aromatic heterocycles. The van der Waals surface area contributed by atoms with E-state index in [0.717, 1.165) is 33.5 Å². The molecule has 0 saturated heterocycles. The van der Waals surface area contributed by atoms with Gasteiger partial charge in [-0.25, -0.2) is 4.85 Å². The largest absolute Gasteiger partial charge is 0.491 e. The van der Waals surface area contributed by atoms with Gasteiger partial charge in [0, 0.05) is 0 Å². The van der Waals surface area contributed by atoms with Crippen molar-refractivity contribution in [3.63, 3.8) is 0 Å². The van der Waals surface area contributed by atoms with Crippen LogP contribution < -0.4 is 10.2 Å². The fourth-order valence-electron chi connectivity index (χ4n) is 2.75. The molecular formula is C17H16BNO3. The summed E-state index contributed by atoms with van der Waals surface area (Å²) in [6, 6.07) is 7.56. The first-order valence-corrected chi connectivity index (χ1v) is 7.09. The summed E-state index contributed by atoms with van der Waals surface area (Å²) in [6.45, 7) is 13.3. The van der Waals surface area contributed by atoms with Crippen molar-refractivity contribution >= 4 is 18.3 Å². The van der Waals surface area contributed by atoms with Crippen LogP contribution in [0.15, 0.2) is 24.3 Å². The predicted octanol–water partition coefficient (Wildman–Crippen LogP) is 3.17. The summed E-state index contributed by atoms with van der Waals surface area (Å²) in [4.78, 5) is 3.54. The number of ether oxygens (including phenoxy) is 1. The second kappa shape index (κ2) is 5.49. The van der Waals surface area contributed by atoms with Crippen molar-refractivity contribution < 1.29 is 14.4 Å². The van der Waals surface area contributed by atoms with E-state index in [9.17, 15) is 5.02 Å². The molecule has 0 radical (unpaired) electrons. The Hall–Kier alpha value is -2.29. The van der Waals surface area contributed by atoms with Crippen LogP contribution in [0, 0.1) is 27.3 Å². The average molecular weight is 293 g/mol. The van der Waals surface area contributed by atoms with Gasteiger partial charge in [0.05, 0.1) is 13.2 Å². The van der Waals surface area contributed by atoms with Crippen molar-refractivity contribution in [3.05, 3.63) is 57.9 Å². The Bertz CT molecular complexity index is 772. The molecule has 0 amide bonds. The number of aryl methyl sites for hydroxylation is 3. The lowest BCUT2D eigenvalue weighted by Gasteiger charge is -2.13. The molecular weight excluding hydrogens is 277 g/mol. The fraction of sp³-hybridized carbons (Fsp3) is 0.235. The van der Waals surface area contributed by atoms with Gasteiger partial charge < -0.3 is 14.4 Å². The third kappa shape index (κ3) is 2.48. The molecule has 0 atom stereocenters. The predicted molar refractivity (Wildman–Crippen MR) is 85.8 cm³/mol. The Kier molecular flexibility index (Phi) is 3.65. The van der Waals surface area contributed by atoms with E-state index in [1.165, 1.54) is 0 Å². The first-order valence-electron chi connectivity index (χ1n) is 7.09. The first-order chi connectivity index (χ1) is 10.5. The van der Waals surface area contributed by atoms with Crippen LogP contribution in [0.2, 0.25) is 0 Å². The van der Waals surface area contributed by atoms with Crippen LogP contribution in [-0.4, -0.2) is 12.1 Å². The number of fused-ring (bicyclic) bond motifs is 1. The van der Waals surface area contributed by atoms with E-state index in [2.05, 4.69) is 4.85 Å². The quantitative estimate of drug-likeness (QED) is 0.683. The molecule has 0 saturated carbocycles. The highest BCUT2D eigenvalue weighted by Crippen LogP contribution is 2.33. The lowest BCUT2D eigenvalue weighted by atomic mass is 9.79. The topological polar surface area (TPSA) is 43.0 Å². The molecule has 2 aromatic rings. The molecule has 1 aliphatic heterocycles. The Morgan fingerprint density at radius 3 is 2.45 bits per heavy atom. The van der Waals surface area contributed by atoms with Gasteiger partial charge in [-0.15, -0.1) is 0 Å².